The van der Waals surface area contributed by atoms with E-state index < -0.39 is 0 Å². The summed E-state index contributed by atoms with van der Waals surface area (Å²) < 4.78 is 0. The first-order valence-corrected chi connectivity index (χ1v) is 13.2. The third-order valence-corrected chi connectivity index (χ3v) is 8.55. The van der Waals surface area contributed by atoms with E-state index in [-0.39, 0.29) is 11.9 Å². The van der Waals surface area contributed by atoms with E-state index in [0.29, 0.717) is 49.2 Å². The Kier molecular flexibility index (Phi) is 6.35. The molecule has 0 unspecified atom stereocenters. The van der Waals surface area contributed by atoms with Gasteiger partial charge in [-0.2, -0.15) is 0 Å². The van der Waals surface area contributed by atoms with Crippen molar-refractivity contribution in [3.8, 4) is 0 Å². The average molecular weight is 445 g/mol. The van der Waals surface area contributed by atoms with Gasteiger partial charge in [-0.1, -0.05) is 6.92 Å². The van der Waals surface area contributed by atoms with Gasteiger partial charge in [0, 0.05) is 64.2 Å². The molecule has 4 heterocycles. The minimum atomic E-state index is 0.0758. The Labute approximate surface area is 192 Å². The van der Waals surface area contributed by atoms with Gasteiger partial charge in [-0.25, -0.2) is 4.79 Å². The number of fused-ring (bicyclic) bond motifs is 4. The Morgan fingerprint density at radius 2 is 1.78 bits per heavy atom. The molecule has 0 aromatic heterocycles. The summed E-state index contributed by atoms with van der Waals surface area (Å²) in [7, 11) is 0. The largest absolute Gasteiger partial charge is 0.342 e. The molecular weight excluding hydrogens is 404 g/mol. The van der Waals surface area contributed by atoms with E-state index in [1.54, 1.807) is 0 Å². The number of urea groups is 1. The van der Waals surface area contributed by atoms with Crippen LogP contribution in [0.15, 0.2) is 0 Å². The molecule has 3 atom stereocenters. The number of hydrogen-bond donors (Lipinski definition) is 0. The van der Waals surface area contributed by atoms with E-state index >= 15 is 0 Å². The summed E-state index contributed by atoms with van der Waals surface area (Å²) in [4.78, 5) is 47.1. The maximum Gasteiger partial charge on any atom is 0.320 e. The lowest BCUT2D eigenvalue weighted by Crippen LogP contribution is -2.62. The number of amides is 4. The maximum atomic E-state index is 13.4. The number of carbonyl (C=O) groups is 3. The molecule has 5 fully saturated rings. The summed E-state index contributed by atoms with van der Waals surface area (Å²) in [5.74, 6) is 2.29. The van der Waals surface area contributed by atoms with E-state index in [9.17, 15) is 14.4 Å². The molecule has 0 spiro atoms. The number of nitrogens with zero attached hydrogens (tertiary/aromatic N) is 4. The molecule has 1 saturated carbocycles. The standard InChI is InChI=1S/C25H40N4O3/c1-2-10-27(14-18-6-7-18)24(31)20-8-11-26(12-9-20)25(32)28-15-19-13-21(17-28)22-4-3-5-23(30)29(22)16-19/h18-22H,2-17H2,1H3/t19-,21-,22-/m1/s1. The third-order valence-electron chi connectivity index (χ3n) is 8.55. The lowest BCUT2D eigenvalue weighted by Gasteiger charge is -2.53. The second-order valence-electron chi connectivity index (χ2n) is 11.0. The fraction of sp³-hybridized carbons (Fsp3) is 0.880. The minimum absolute atomic E-state index is 0.0758. The number of likely N-dealkylation sites (tertiary alicyclic amines) is 2. The summed E-state index contributed by atoms with van der Waals surface area (Å²) in [6, 6.07) is 0.493. The summed E-state index contributed by atoms with van der Waals surface area (Å²) in [6.07, 6.45) is 9.07. The van der Waals surface area contributed by atoms with Crippen LogP contribution >= 0.6 is 0 Å². The smallest absolute Gasteiger partial charge is 0.320 e. The van der Waals surface area contributed by atoms with E-state index in [2.05, 4.69) is 21.6 Å². The summed E-state index contributed by atoms with van der Waals surface area (Å²) in [6.45, 7) is 7.72. The zero-order valence-electron chi connectivity index (χ0n) is 19.7. The van der Waals surface area contributed by atoms with Crippen LogP contribution in [-0.2, 0) is 9.59 Å². The molecule has 4 amide bonds. The molecule has 4 aliphatic heterocycles. The van der Waals surface area contributed by atoms with Crippen molar-refractivity contribution in [1.82, 2.24) is 19.6 Å². The van der Waals surface area contributed by atoms with Crippen molar-refractivity contribution in [2.75, 3.05) is 45.8 Å². The lowest BCUT2D eigenvalue weighted by atomic mass is 9.76. The van der Waals surface area contributed by atoms with Crippen LogP contribution in [0.2, 0.25) is 0 Å². The first-order valence-electron chi connectivity index (χ1n) is 13.2. The zero-order valence-corrected chi connectivity index (χ0v) is 19.7. The molecule has 5 rings (SSSR count). The van der Waals surface area contributed by atoms with Gasteiger partial charge in [0.2, 0.25) is 11.8 Å². The number of carbonyl (C=O) groups excluding carboxylic acids is 3. The molecule has 4 saturated heterocycles. The van der Waals surface area contributed by atoms with Gasteiger partial charge in [0.25, 0.3) is 0 Å². The molecule has 178 valence electrons. The van der Waals surface area contributed by atoms with E-state index in [1.165, 1.54) is 12.8 Å². The maximum absolute atomic E-state index is 13.4. The van der Waals surface area contributed by atoms with E-state index in [0.717, 1.165) is 77.2 Å². The Morgan fingerprint density at radius 3 is 2.50 bits per heavy atom. The van der Waals surface area contributed by atoms with Crippen LogP contribution in [0.25, 0.3) is 0 Å². The normalized spacial score (nSPS) is 30.8. The summed E-state index contributed by atoms with van der Waals surface area (Å²) in [5, 5.41) is 0. The third kappa shape index (κ3) is 4.49. The fourth-order valence-electron chi connectivity index (χ4n) is 6.72. The van der Waals surface area contributed by atoms with Crippen LogP contribution in [0.1, 0.15) is 64.7 Å². The second kappa shape index (κ2) is 9.22. The molecule has 0 aromatic carbocycles. The molecule has 0 N–H and O–H groups in total. The van der Waals surface area contributed by atoms with Gasteiger partial charge in [0.1, 0.15) is 0 Å². The van der Waals surface area contributed by atoms with Crippen molar-refractivity contribution < 1.29 is 14.4 Å². The molecular formula is C25H40N4O3. The summed E-state index contributed by atoms with van der Waals surface area (Å²) >= 11 is 0. The first-order chi connectivity index (χ1) is 15.5. The minimum Gasteiger partial charge on any atom is -0.342 e. The molecule has 2 bridgehead atoms. The van der Waals surface area contributed by atoms with Crippen LogP contribution in [0.3, 0.4) is 0 Å². The Morgan fingerprint density at radius 1 is 1.00 bits per heavy atom. The number of hydrogen-bond acceptors (Lipinski definition) is 3. The van der Waals surface area contributed by atoms with Crippen LogP contribution in [0.5, 0.6) is 0 Å². The van der Waals surface area contributed by atoms with Crippen LogP contribution in [0, 0.1) is 23.7 Å². The predicted molar refractivity (Wildman–Crippen MR) is 122 cm³/mol. The van der Waals surface area contributed by atoms with Gasteiger partial charge in [0.15, 0.2) is 0 Å². The van der Waals surface area contributed by atoms with E-state index in [4.69, 9.17) is 0 Å². The number of piperidine rings is 4. The Balaban J connectivity index is 1.15. The average Bonchev–Trinajstić information content (AvgIpc) is 3.63. The molecule has 7 nitrogen and oxygen atoms in total. The first kappa shape index (κ1) is 22.0. The highest BCUT2D eigenvalue weighted by molar-refractivity contribution is 5.80. The van der Waals surface area contributed by atoms with Gasteiger partial charge in [0.05, 0.1) is 0 Å². The van der Waals surface area contributed by atoms with Gasteiger partial charge < -0.3 is 19.6 Å². The molecule has 32 heavy (non-hydrogen) atoms. The van der Waals surface area contributed by atoms with Crippen molar-refractivity contribution in [3.63, 3.8) is 0 Å². The Hall–Kier alpha value is -1.79. The highest BCUT2D eigenvalue weighted by atomic mass is 16.2. The van der Waals surface area contributed by atoms with E-state index in [1.807, 2.05) is 4.90 Å². The highest BCUT2D eigenvalue weighted by Crippen LogP contribution is 2.38. The van der Waals surface area contributed by atoms with Gasteiger partial charge >= 0.3 is 6.03 Å². The van der Waals surface area contributed by atoms with Crippen LogP contribution in [0.4, 0.5) is 4.79 Å². The monoisotopic (exact) mass is 444 g/mol. The molecule has 1 aliphatic carbocycles. The van der Waals surface area contributed by atoms with Crippen molar-refractivity contribution in [3.05, 3.63) is 0 Å². The van der Waals surface area contributed by atoms with Gasteiger partial charge in [-0.05, 0) is 69.1 Å². The van der Waals surface area contributed by atoms with Crippen molar-refractivity contribution in [1.29, 1.82) is 0 Å². The molecule has 0 aromatic rings. The zero-order chi connectivity index (χ0) is 22.2. The molecule has 5 aliphatic rings. The summed E-state index contributed by atoms with van der Waals surface area (Å²) in [5.41, 5.74) is 0. The number of rotatable bonds is 5. The van der Waals surface area contributed by atoms with Crippen LogP contribution in [-0.4, -0.2) is 89.3 Å². The Bertz CT molecular complexity index is 731. The second-order valence-corrected chi connectivity index (χ2v) is 11.0. The van der Waals surface area contributed by atoms with Gasteiger partial charge in [-0.15, -0.1) is 0 Å². The van der Waals surface area contributed by atoms with Crippen molar-refractivity contribution in [2.24, 2.45) is 23.7 Å². The quantitative estimate of drug-likeness (QED) is 0.655. The molecule has 0 radical (unpaired) electrons. The SMILES string of the molecule is CCCN(CC1CC1)C(=O)C1CCN(C(=O)N2C[C@H]3C[C@H](C2)[C@H]2CCCC(=O)N2C3)CC1. The fourth-order valence-corrected chi connectivity index (χ4v) is 6.72. The predicted octanol–water partition coefficient (Wildman–Crippen LogP) is 2.80. The van der Waals surface area contributed by atoms with Crippen molar-refractivity contribution >= 4 is 17.8 Å². The molecule has 7 heteroatoms. The highest BCUT2D eigenvalue weighted by Gasteiger charge is 2.45. The lowest BCUT2D eigenvalue weighted by molar-refractivity contribution is -0.144. The topological polar surface area (TPSA) is 64.2 Å². The van der Waals surface area contributed by atoms with Gasteiger partial charge in [-0.3, -0.25) is 9.59 Å². The van der Waals surface area contributed by atoms with Crippen LogP contribution < -0.4 is 0 Å². The van der Waals surface area contributed by atoms with Crippen molar-refractivity contribution in [2.45, 2.75) is 70.8 Å².